The molecule has 1 aromatic heterocycles. The minimum Gasteiger partial charge on any atom is -0.349 e. The Morgan fingerprint density at radius 1 is 1.21 bits per heavy atom. The van der Waals surface area contributed by atoms with E-state index in [1.165, 1.54) is 18.3 Å². The van der Waals surface area contributed by atoms with E-state index in [0.717, 1.165) is 24.8 Å². The Bertz CT molecular complexity index is 951. The van der Waals surface area contributed by atoms with Crippen LogP contribution in [0.4, 0.5) is 4.39 Å². The summed E-state index contributed by atoms with van der Waals surface area (Å²) in [6.45, 7) is 1.96. The Labute approximate surface area is 161 Å². The molecule has 3 heterocycles. The highest BCUT2D eigenvalue weighted by Crippen LogP contribution is 2.45. The first-order valence-electron chi connectivity index (χ1n) is 9.54. The van der Waals surface area contributed by atoms with Crippen molar-refractivity contribution in [3.05, 3.63) is 58.0 Å². The van der Waals surface area contributed by atoms with Crippen LogP contribution in [0.15, 0.2) is 35.3 Å². The minimum atomic E-state index is -0.594. The van der Waals surface area contributed by atoms with Gasteiger partial charge in [0.05, 0.1) is 17.6 Å². The van der Waals surface area contributed by atoms with Gasteiger partial charge in [-0.2, -0.15) is 0 Å². The van der Waals surface area contributed by atoms with Crippen molar-refractivity contribution in [1.82, 2.24) is 20.2 Å². The summed E-state index contributed by atoms with van der Waals surface area (Å²) in [5.41, 5.74) is -0.0674. The van der Waals surface area contributed by atoms with Crippen LogP contribution >= 0.6 is 0 Å². The van der Waals surface area contributed by atoms with E-state index in [1.807, 2.05) is 6.92 Å². The van der Waals surface area contributed by atoms with Crippen LogP contribution in [0.3, 0.4) is 0 Å². The molecule has 2 saturated heterocycles. The molecule has 3 atom stereocenters. The van der Waals surface area contributed by atoms with Gasteiger partial charge in [0.25, 0.3) is 5.91 Å². The molecular weight excluding hydrogens is 363 g/mol. The Kier molecular flexibility index (Phi) is 4.56. The summed E-state index contributed by atoms with van der Waals surface area (Å²) < 4.78 is 13.4. The molecule has 148 valence electrons. The molecule has 0 saturated carbocycles. The third kappa shape index (κ3) is 3.23. The third-order valence-corrected chi connectivity index (χ3v) is 5.90. The van der Waals surface area contributed by atoms with Crippen LogP contribution in [0, 0.1) is 5.82 Å². The summed E-state index contributed by atoms with van der Waals surface area (Å²) in [6.07, 6.45) is 4.70. The van der Waals surface area contributed by atoms with Crippen LogP contribution in [-0.2, 0) is 4.79 Å². The molecule has 3 N–H and O–H groups in total. The van der Waals surface area contributed by atoms with Crippen LogP contribution in [-0.4, -0.2) is 38.3 Å². The lowest BCUT2D eigenvalue weighted by atomic mass is 9.85. The number of amides is 2. The lowest BCUT2D eigenvalue weighted by Gasteiger charge is -2.38. The van der Waals surface area contributed by atoms with Crippen LogP contribution in [0.5, 0.6) is 0 Å². The van der Waals surface area contributed by atoms with Crippen LogP contribution < -0.4 is 11.0 Å². The number of H-pyrrole nitrogens is 2. The number of hydrogen-bond acceptors (Lipinski definition) is 3. The number of carbonyl (C=O) groups excluding carboxylic acids is 2. The van der Waals surface area contributed by atoms with Gasteiger partial charge in [-0.25, -0.2) is 9.18 Å². The molecule has 4 rings (SSSR count). The standard InChI is InChI=1S/C20H23FN4O3/c1-20-10-15(12-6-8-13(21)9-7-12)25(18(27)14-11-22-19(28)23-14)16(20)4-2-3-5-17(26)24-20/h6-9,11,15-16H,2-5,10H2,1H3,(H,24,26)(H2,22,23,28)/t15-,16-,20-/m0/s1. The summed E-state index contributed by atoms with van der Waals surface area (Å²) in [4.78, 5) is 43.9. The van der Waals surface area contributed by atoms with Crippen LogP contribution in [0.1, 0.15) is 61.1 Å². The Balaban J connectivity index is 1.78. The predicted octanol–water partition coefficient (Wildman–Crippen LogP) is 2.25. The maximum absolute atomic E-state index is 13.4. The molecule has 8 heteroatoms. The number of benzene rings is 1. The second-order valence-corrected chi connectivity index (χ2v) is 7.87. The number of aromatic amines is 2. The van der Waals surface area contributed by atoms with E-state index in [-0.39, 0.29) is 35.4 Å². The van der Waals surface area contributed by atoms with Crippen molar-refractivity contribution in [3.8, 4) is 0 Å². The number of nitrogens with one attached hydrogen (secondary N) is 3. The molecular formula is C20H23FN4O3. The van der Waals surface area contributed by atoms with E-state index in [9.17, 15) is 18.8 Å². The summed E-state index contributed by atoms with van der Waals surface area (Å²) in [5, 5.41) is 3.12. The van der Waals surface area contributed by atoms with Crippen molar-refractivity contribution in [2.24, 2.45) is 0 Å². The van der Waals surface area contributed by atoms with E-state index < -0.39 is 11.2 Å². The molecule has 0 bridgehead atoms. The molecule has 0 aliphatic carbocycles. The van der Waals surface area contributed by atoms with Crippen molar-refractivity contribution in [2.45, 2.75) is 56.7 Å². The number of aromatic nitrogens is 2. The van der Waals surface area contributed by atoms with Gasteiger partial charge in [0.2, 0.25) is 5.91 Å². The van der Waals surface area contributed by atoms with Crippen LogP contribution in [0.2, 0.25) is 0 Å². The van der Waals surface area contributed by atoms with Gasteiger partial charge in [0.15, 0.2) is 0 Å². The topological polar surface area (TPSA) is 98.1 Å². The molecule has 2 aliphatic rings. The van der Waals surface area contributed by atoms with Gasteiger partial charge >= 0.3 is 5.69 Å². The van der Waals surface area contributed by atoms with Gasteiger partial charge in [0, 0.05) is 12.6 Å². The highest BCUT2D eigenvalue weighted by atomic mass is 19.1. The van der Waals surface area contributed by atoms with E-state index in [0.29, 0.717) is 12.8 Å². The monoisotopic (exact) mass is 386 g/mol. The molecule has 1 aromatic carbocycles. The average Bonchev–Trinajstić information content (AvgIpc) is 3.19. The van der Waals surface area contributed by atoms with E-state index >= 15 is 0 Å². The smallest absolute Gasteiger partial charge is 0.323 e. The van der Waals surface area contributed by atoms with E-state index in [4.69, 9.17) is 0 Å². The van der Waals surface area contributed by atoms with Crippen molar-refractivity contribution in [3.63, 3.8) is 0 Å². The summed E-state index contributed by atoms with van der Waals surface area (Å²) in [7, 11) is 0. The highest BCUT2D eigenvalue weighted by molar-refractivity contribution is 5.93. The zero-order valence-electron chi connectivity index (χ0n) is 15.6. The molecule has 2 amide bonds. The fourth-order valence-electron chi connectivity index (χ4n) is 4.59. The lowest BCUT2D eigenvalue weighted by Crippen LogP contribution is -2.56. The van der Waals surface area contributed by atoms with E-state index in [2.05, 4.69) is 15.3 Å². The molecule has 2 fully saturated rings. The molecule has 0 spiro atoms. The number of nitrogens with zero attached hydrogens (tertiary/aromatic N) is 1. The van der Waals surface area contributed by atoms with E-state index in [1.54, 1.807) is 17.0 Å². The Morgan fingerprint density at radius 2 is 1.96 bits per heavy atom. The van der Waals surface area contributed by atoms with Crippen molar-refractivity contribution < 1.29 is 14.0 Å². The van der Waals surface area contributed by atoms with Gasteiger partial charge in [-0.3, -0.25) is 9.59 Å². The molecule has 0 radical (unpaired) electrons. The van der Waals surface area contributed by atoms with Crippen LogP contribution in [0.25, 0.3) is 0 Å². The Morgan fingerprint density at radius 3 is 2.64 bits per heavy atom. The summed E-state index contributed by atoms with van der Waals surface area (Å²) >= 11 is 0. The second kappa shape index (κ2) is 6.92. The first-order chi connectivity index (χ1) is 13.4. The normalized spacial score (nSPS) is 27.6. The number of halogens is 1. The number of rotatable bonds is 2. The fraction of sp³-hybridized carbons (Fsp3) is 0.450. The quantitative estimate of drug-likeness (QED) is 0.738. The first-order valence-corrected chi connectivity index (χ1v) is 9.54. The summed E-state index contributed by atoms with van der Waals surface area (Å²) in [5.74, 6) is -0.675. The van der Waals surface area contributed by atoms with Gasteiger partial charge in [-0.15, -0.1) is 0 Å². The number of carbonyl (C=O) groups is 2. The van der Waals surface area contributed by atoms with Gasteiger partial charge in [-0.05, 0) is 43.9 Å². The minimum absolute atomic E-state index is 0.0191. The highest BCUT2D eigenvalue weighted by Gasteiger charge is 2.52. The summed E-state index contributed by atoms with van der Waals surface area (Å²) in [6, 6.07) is 5.53. The number of imidazole rings is 1. The predicted molar refractivity (Wildman–Crippen MR) is 100 cm³/mol. The first kappa shape index (κ1) is 18.5. The number of likely N-dealkylation sites (tertiary alicyclic amines) is 1. The van der Waals surface area contributed by atoms with Crippen molar-refractivity contribution in [2.75, 3.05) is 0 Å². The van der Waals surface area contributed by atoms with Crippen molar-refractivity contribution in [1.29, 1.82) is 0 Å². The van der Waals surface area contributed by atoms with Crippen molar-refractivity contribution >= 4 is 11.8 Å². The zero-order chi connectivity index (χ0) is 19.9. The molecule has 7 nitrogen and oxygen atoms in total. The lowest BCUT2D eigenvalue weighted by molar-refractivity contribution is -0.123. The maximum Gasteiger partial charge on any atom is 0.323 e. The number of hydrogen-bond donors (Lipinski definition) is 3. The third-order valence-electron chi connectivity index (χ3n) is 5.90. The SMILES string of the molecule is C[C@]12C[C@@H](c3ccc(F)cc3)N(C(=O)c3c[nH]c(=O)[nH]3)[C@H]1CCCCC(=O)N2. The van der Waals surface area contributed by atoms with Gasteiger partial charge < -0.3 is 20.2 Å². The second-order valence-electron chi connectivity index (χ2n) is 7.87. The fourth-order valence-corrected chi connectivity index (χ4v) is 4.59. The average molecular weight is 386 g/mol. The zero-order valence-corrected chi connectivity index (χ0v) is 15.6. The van der Waals surface area contributed by atoms with Gasteiger partial charge in [-0.1, -0.05) is 18.6 Å². The number of fused-ring (bicyclic) bond motifs is 1. The molecule has 2 aliphatic heterocycles. The molecule has 28 heavy (non-hydrogen) atoms. The molecule has 2 aromatic rings. The molecule has 0 unspecified atom stereocenters. The Hall–Kier alpha value is -2.90. The maximum atomic E-state index is 13.4. The van der Waals surface area contributed by atoms with Gasteiger partial charge in [0.1, 0.15) is 11.5 Å². The largest absolute Gasteiger partial charge is 0.349 e.